The van der Waals surface area contributed by atoms with Gasteiger partial charge >= 0.3 is 0 Å². The van der Waals surface area contributed by atoms with Gasteiger partial charge in [-0.25, -0.2) is 12.7 Å². The van der Waals surface area contributed by atoms with Gasteiger partial charge in [-0.2, -0.15) is 10.5 Å². The summed E-state index contributed by atoms with van der Waals surface area (Å²) in [6.07, 6.45) is 5.92. The molecule has 0 aromatic heterocycles. The Labute approximate surface area is 151 Å². The zero-order valence-electron chi connectivity index (χ0n) is 14.7. The Morgan fingerprint density at radius 2 is 1.32 bits per heavy atom. The fourth-order valence-corrected chi connectivity index (χ4v) is 4.21. The molecule has 0 N–H and O–H groups in total. The zero-order chi connectivity index (χ0) is 18.4. The van der Waals surface area contributed by atoms with Crippen LogP contribution in [0.25, 0.3) is 0 Å². The molecule has 1 rings (SSSR count). The van der Waals surface area contributed by atoms with Gasteiger partial charge in [-0.05, 0) is 31.2 Å². The molecule has 6 heteroatoms. The number of rotatable bonds is 13. The van der Waals surface area contributed by atoms with Crippen molar-refractivity contribution in [2.45, 2.75) is 57.1 Å². The second-order valence-corrected chi connectivity index (χ2v) is 8.05. The minimum absolute atomic E-state index is 0.0181. The highest BCUT2D eigenvalue weighted by atomic mass is 32.2. The van der Waals surface area contributed by atoms with Gasteiger partial charge < -0.3 is 0 Å². The van der Waals surface area contributed by atoms with Crippen molar-refractivity contribution in [1.29, 1.82) is 10.5 Å². The third-order valence-electron chi connectivity index (χ3n) is 3.98. The molecule has 0 saturated carbocycles. The lowest BCUT2D eigenvalue weighted by atomic mass is 10.2. The third-order valence-corrected chi connectivity index (χ3v) is 5.83. The fraction of sp³-hybridized carbons (Fsp3) is 0.579. The van der Waals surface area contributed by atoms with Crippen molar-refractivity contribution in [3.8, 4) is 12.1 Å². The summed E-state index contributed by atoms with van der Waals surface area (Å²) in [5.74, 6) is 0.0181. The van der Waals surface area contributed by atoms with E-state index in [1.807, 2.05) is 30.3 Å². The van der Waals surface area contributed by atoms with E-state index in [1.54, 1.807) is 4.31 Å². The van der Waals surface area contributed by atoms with Gasteiger partial charge in [0, 0.05) is 25.9 Å². The molecule has 0 radical (unpaired) electrons. The normalized spacial score (nSPS) is 11.2. The molecule has 1 aromatic carbocycles. The van der Waals surface area contributed by atoms with Crippen molar-refractivity contribution in [3.05, 3.63) is 35.9 Å². The molecule has 0 saturated heterocycles. The summed E-state index contributed by atoms with van der Waals surface area (Å²) in [6.45, 7) is 0.998. The van der Waals surface area contributed by atoms with E-state index >= 15 is 0 Å². The molecule has 1 aromatic rings. The third kappa shape index (κ3) is 9.24. The van der Waals surface area contributed by atoms with Gasteiger partial charge in [0.15, 0.2) is 0 Å². The van der Waals surface area contributed by atoms with Gasteiger partial charge in [-0.1, -0.05) is 43.2 Å². The molecule has 0 spiro atoms. The number of hydrogen-bond acceptors (Lipinski definition) is 4. The van der Waals surface area contributed by atoms with E-state index in [2.05, 4.69) is 12.1 Å². The van der Waals surface area contributed by atoms with Crippen molar-refractivity contribution in [2.75, 3.05) is 13.1 Å². The second kappa shape index (κ2) is 12.5. The molecule has 0 aliphatic heterocycles. The van der Waals surface area contributed by atoms with Crippen molar-refractivity contribution in [1.82, 2.24) is 4.31 Å². The number of sulfonamides is 1. The van der Waals surface area contributed by atoms with Crippen LogP contribution in [0.5, 0.6) is 0 Å². The molecule has 0 bridgehead atoms. The smallest absolute Gasteiger partial charge is 0.212 e. The van der Waals surface area contributed by atoms with Gasteiger partial charge in [0.1, 0.15) is 0 Å². The quantitative estimate of drug-likeness (QED) is 0.497. The summed E-state index contributed by atoms with van der Waals surface area (Å²) < 4.78 is 27.1. The lowest BCUT2D eigenvalue weighted by molar-refractivity contribution is 0.386. The Morgan fingerprint density at radius 1 is 0.800 bits per heavy atom. The summed E-state index contributed by atoms with van der Waals surface area (Å²) >= 11 is 0. The maximum absolute atomic E-state index is 12.8. The average Bonchev–Trinajstić information content (AvgIpc) is 2.60. The van der Waals surface area contributed by atoms with E-state index < -0.39 is 10.0 Å². The summed E-state index contributed by atoms with van der Waals surface area (Å²) in [5, 5.41) is 17.2. The topological polar surface area (TPSA) is 85.0 Å². The first kappa shape index (κ1) is 21.2. The summed E-state index contributed by atoms with van der Waals surface area (Å²) in [7, 11) is -3.36. The van der Waals surface area contributed by atoms with E-state index in [9.17, 15) is 8.42 Å². The van der Waals surface area contributed by atoms with Gasteiger partial charge in [-0.15, -0.1) is 0 Å². The second-order valence-electron chi connectivity index (χ2n) is 6.08. The largest absolute Gasteiger partial charge is 0.218 e. The number of nitrogens with zero attached hydrogens (tertiary/aromatic N) is 3. The molecular formula is C19H27N3O2S. The van der Waals surface area contributed by atoms with Crippen LogP contribution < -0.4 is 0 Å². The van der Waals surface area contributed by atoms with Crippen LogP contribution in [0.1, 0.15) is 56.9 Å². The van der Waals surface area contributed by atoms with E-state index in [4.69, 9.17) is 10.5 Å². The van der Waals surface area contributed by atoms with Crippen LogP contribution in [0.15, 0.2) is 30.3 Å². The monoisotopic (exact) mass is 361 g/mol. The van der Waals surface area contributed by atoms with Crippen LogP contribution in [-0.4, -0.2) is 25.8 Å². The van der Waals surface area contributed by atoms with Crippen molar-refractivity contribution < 1.29 is 8.42 Å². The maximum atomic E-state index is 12.8. The van der Waals surface area contributed by atoms with Gasteiger partial charge in [0.2, 0.25) is 10.0 Å². The summed E-state index contributed by atoms with van der Waals surface area (Å²) in [6, 6.07) is 13.5. The Kier molecular flexibility index (Phi) is 10.6. The van der Waals surface area contributed by atoms with Crippen LogP contribution in [0.4, 0.5) is 0 Å². The van der Waals surface area contributed by atoms with Crippen molar-refractivity contribution in [2.24, 2.45) is 0 Å². The molecule has 0 heterocycles. The number of hydrogen-bond donors (Lipinski definition) is 0. The molecule has 0 aliphatic carbocycles. The van der Waals surface area contributed by atoms with Gasteiger partial charge in [-0.3, -0.25) is 0 Å². The average molecular weight is 362 g/mol. The van der Waals surface area contributed by atoms with Gasteiger partial charge in [0.25, 0.3) is 0 Å². The first-order valence-electron chi connectivity index (χ1n) is 8.86. The van der Waals surface area contributed by atoms with Gasteiger partial charge in [0.05, 0.1) is 17.9 Å². The molecular weight excluding hydrogens is 334 g/mol. The minimum Gasteiger partial charge on any atom is -0.212 e. The standard InChI is InChI=1S/C19H27N3O2S/c20-14-8-1-3-10-16-22(17-11-4-2-9-15-21)25(23,24)18-19-12-6-5-7-13-19/h5-7,12-13H,1-4,8-11,16-18H2. The number of benzene rings is 1. The van der Waals surface area contributed by atoms with E-state index in [0.717, 1.165) is 44.1 Å². The Morgan fingerprint density at radius 3 is 1.80 bits per heavy atom. The van der Waals surface area contributed by atoms with Crippen LogP contribution in [0, 0.1) is 22.7 Å². The predicted octanol–water partition coefficient (Wildman–Crippen LogP) is 3.99. The molecule has 0 atom stereocenters. The SMILES string of the molecule is N#CCCCCCN(CCCCCC#N)S(=O)(=O)Cc1ccccc1. The molecule has 0 amide bonds. The highest BCUT2D eigenvalue weighted by Crippen LogP contribution is 2.14. The van der Waals surface area contributed by atoms with Crippen molar-refractivity contribution in [3.63, 3.8) is 0 Å². The predicted molar refractivity (Wildman–Crippen MR) is 98.8 cm³/mol. The fourth-order valence-electron chi connectivity index (χ4n) is 2.60. The molecule has 0 fully saturated rings. The van der Waals surface area contributed by atoms with E-state index in [0.29, 0.717) is 25.9 Å². The molecule has 0 aliphatic rings. The summed E-state index contributed by atoms with van der Waals surface area (Å²) in [5.41, 5.74) is 0.793. The first-order valence-corrected chi connectivity index (χ1v) is 10.5. The maximum Gasteiger partial charge on any atom is 0.218 e. The molecule has 0 unspecified atom stereocenters. The highest BCUT2D eigenvalue weighted by Gasteiger charge is 2.21. The molecule has 136 valence electrons. The highest BCUT2D eigenvalue weighted by molar-refractivity contribution is 7.88. The van der Waals surface area contributed by atoms with E-state index in [-0.39, 0.29) is 5.75 Å². The summed E-state index contributed by atoms with van der Waals surface area (Å²) in [4.78, 5) is 0. The molecule has 5 nitrogen and oxygen atoms in total. The Balaban J connectivity index is 2.60. The first-order chi connectivity index (χ1) is 12.1. The Bertz CT molecular complexity index is 636. The van der Waals surface area contributed by atoms with E-state index in [1.165, 1.54) is 0 Å². The van der Waals surface area contributed by atoms with Crippen LogP contribution in [-0.2, 0) is 15.8 Å². The van der Waals surface area contributed by atoms with Crippen molar-refractivity contribution >= 4 is 10.0 Å². The zero-order valence-corrected chi connectivity index (χ0v) is 15.5. The Hall–Kier alpha value is -1.89. The number of nitriles is 2. The minimum atomic E-state index is -3.36. The number of unbranched alkanes of at least 4 members (excludes halogenated alkanes) is 6. The molecule has 25 heavy (non-hydrogen) atoms. The van der Waals surface area contributed by atoms with Crippen LogP contribution in [0.3, 0.4) is 0 Å². The lowest BCUT2D eigenvalue weighted by Crippen LogP contribution is -2.34. The lowest BCUT2D eigenvalue weighted by Gasteiger charge is -2.22. The van der Waals surface area contributed by atoms with Crippen LogP contribution >= 0.6 is 0 Å². The van der Waals surface area contributed by atoms with Crippen LogP contribution in [0.2, 0.25) is 0 Å².